The summed E-state index contributed by atoms with van der Waals surface area (Å²) in [6.07, 6.45) is 6.07. The highest BCUT2D eigenvalue weighted by atomic mass is 32.2. The van der Waals surface area contributed by atoms with Gasteiger partial charge in [0, 0.05) is 4.90 Å². The van der Waals surface area contributed by atoms with Crippen LogP contribution in [0.2, 0.25) is 0 Å². The van der Waals surface area contributed by atoms with Crippen LogP contribution in [0.15, 0.2) is 53.5 Å². The van der Waals surface area contributed by atoms with E-state index in [4.69, 9.17) is 5.73 Å². The molecule has 1 atom stereocenters. The highest BCUT2D eigenvalue weighted by Gasteiger charge is 2.24. The lowest BCUT2D eigenvalue weighted by Crippen LogP contribution is -2.42. The molecule has 0 fully saturated rings. The summed E-state index contributed by atoms with van der Waals surface area (Å²) in [5.74, 6) is 0.188. The van der Waals surface area contributed by atoms with Crippen molar-refractivity contribution in [1.82, 2.24) is 0 Å². The molecule has 0 aromatic heterocycles. The molecule has 0 saturated heterocycles. The van der Waals surface area contributed by atoms with E-state index in [1.54, 1.807) is 12.2 Å². The fourth-order valence-corrected chi connectivity index (χ4v) is 2.94. The van der Waals surface area contributed by atoms with Gasteiger partial charge in [-0.3, -0.25) is 9.00 Å². The number of hydrogen-bond donors (Lipinski definition) is 1. The second-order valence-corrected chi connectivity index (χ2v) is 5.94. The molecule has 0 heterocycles. The highest BCUT2D eigenvalue weighted by Crippen LogP contribution is 2.17. The van der Waals surface area contributed by atoms with Gasteiger partial charge in [0.05, 0.1) is 22.1 Å². The monoisotopic (exact) mass is 261 g/mol. The summed E-state index contributed by atoms with van der Waals surface area (Å²) >= 11 is 0. The molecule has 1 aromatic carbocycles. The molecule has 0 radical (unpaired) electrons. The zero-order chi connectivity index (χ0) is 13.2. The smallest absolute Gasteiger partial charge is 0.178 e. The third-order valence-corrected chi connectivity index (χ3v) is 4.34. The molecule has 94 valence electrons. The summed E-state index contributed by atoms with van der Waals surface area (Å²) in [5.41, 5.74) is 6.39. The van der Waals surface area contributed by atoms with Crippen LogP contribution in [0.5, 0.6) is 0 Å². The molecule has 0 spiro atoms. The quantitative estimate of drug-likeness (QED) is 0.897. The Balaban J connectivity index is 2.12. The Morgan fingerprint density at radius 1 is 1.17 bits per heavy atom. The molecule has 1 aliphatic carbocycles. The molecule has 1 aromatic rings. The van der Waals surface area contributed by atoms with Crippen LogP contribution in [-0.4, -0.2) is 21.3 Å². The van der Waals surface area contributed by atoms with Gasteiger partial charge in [-0.1, -0.05) is 29.8 Å². The molecule has 1 unspecified atom stereocenters. The van der Waals surface area contributed by atoms with Crippen LogP contribution < -0.4 is 5.73 Å². The number of allylic oxidation sites excluding steroid dienone is 2. The third kappa shape index (κ3) is 3.03. The average molecular weight is 261 g/mol. The molecule has 0 saturated carbocycles. The van der Waals surface area contributed by atoms with E-state index in [1.807, 2.05) is 31.2 Å². The second-order valence-electron chi connectivity index (χ2n) is 4.48. The maximum absolute atomic E-state index is 12.2. The van der Waals surface area contributed by atoms with E-state index in [0.29, 0.717) is 0 Å². The topological polar surface area (TPSA) is 60.2 Å². The number of carbonyl (C=O) groups excluding carboxylic acids is 1. The maximum Gasteiger partial charge on any atom is 0.178 e. The minimum absolute atomic E-state index is 0.0859. The third-order valence-electron chi connectivity index (χ3n) is 2.78. The summed E-state index contributed by atoms with van der Waals surface area (Å²) in [6, 6.07) is 7.53. The summed E-state index contributed by atoms with van der Waals surface area (Å²) in [4.78, 5) is 11.8. The molecule has 3 nitrogen and oxygen atoms in total. The Morgan fingerprint density at radius 3 is 2.28 bits per heavy atom. The molecule has 2 N–H and O–H groups in total. The first-order chi connectivity index (χ1) is 8.48. The molecule has 18 heavy (non-hydrogen) atoms. The minimum Gasteiger partial charge on any atom is -0.318 e. The van der Waals surface area contributed by atoms with E-state index in [1.165, 1.54) is 12.2 Å². The summed E-state index contributed by atoms with van der Waals surface area (Å²) < 4.78 is 12.2. The summed E-state index contributed by atoms with van der Waals surface area (Å²) in [7, 11) is -1.18. The molecule has 1 aliphatic rings. The highest BCUT2D eigenvalue weighted by molar-refractivity contribution is 7.85. The molecule has 0 aliphatic heterocycles. The van der Waals surface area contributed by atoms with Gasteiger partial charge in [-0.15, -0.1) is 0 Å². The van der Waals surface area contributed by atoms with E-state index in [0.717, 1.165) is 10.5 Å². The van der Waals surface area contributed by atoms with Gasteiger partial charge >= 0.3 is 0 Å². The van der Waals surface area contributed by atoms with Crippen LogP contribution in [0, 0.1) is 6.92 Å². The van der Waals surface area contributed by atoms with Crippen LogP contribution in [0.25, 0.3) is 0 Å². The fourth-order valence-electron chi connectivity index (χ4n) is 1.68. The summed E-state index contributed by atoms with van der Waals surface area (Å²) in [5, 5.41) is 0. The average Bonchev–Trinajstić information content (AvgIpc) is 2.34. The van der Waals surface area contributed by atoms with Crippen molar-refractivity contribution < 1.29 is 9.00 Å². The Labute approximate surface area is 109 Å². The minimum atomic E-state index is -1.18. The second kappa shape index (κ2) is 5.00. The lowest BCUT2D eigenvalue weighted by Gasteiger charge is -2.23. The van der Waals surface area contributed by atoms with Crippen LogP contribution >= 0.6 is 0 Å². The number of benzene rings is 1. The molecule has 0 bridgehead atoms. The van der Waals surface area contributed by atoms with Crippen LogP contribution in [-0.2, 0) is 15.6 Å². The first kappa shape index (κ1) is 12.9. The Bertz CT molecular complexity index is 527. The first-order valence-electron chi connectivity index (χ1n) is 5.65. The number of ketones is 1. The maximum atomic E-state index is 12.2. The lowest BCUT2D eigenvalue weighted by molar-refractivity contribution is -0.110. The van der Waals surface area contributed by atoms with Crippen molar-refractivity contribution in [1.29, 1.82) is 0 Å². The van der Waals surface area contributed by atoms with Crippen molar-refractivity contribution in [2.24, 2.45) is 5.73 Å². The summed E-state index contributed by atoms with van der Waals surface area (Å²) in [6.45, 7) is 1.98. The van der Waals surface area contributed by atoms with E-state index in [2.05, 4.69) is 0 Å². The van der Waals surface area contributed by atoms with Crippen LogP contribution in [0.1, 0.15) is 5.56 Å². The van der Waals surface area contributed by atoms with E-state index >= 15 is 0 Å². The predicted octanol–water partition coefficient (Wildman–Crippen LogP) is 1.50. The Hall–Kier alpha value is -1.52. The normalized spacial score (nSPS) is 18.9. The number of aryl methyl sites for hydroxylation is 1. The van der Waals surface area contributed by atoms with Crippen LogP contribution in [0.4, 0.5) is 0 Å². The van der Waals surface area contributed by atoms with Crippen molar-refractivity contribution in [2.75, 3.05) is 5.75 Å². The van der Waals surface area contributed by atoms with Crippen molar-refractivity contribution in [3.63, 3.8) is 0 Å². The Morgan fingerprint density at radius 2 is 1.72 bits per heavy atom. The van der Waals surface area contributed by atoms with Crippen molar-refractivity contribution in [2.45, 2.75) is 17.4 Å². The fraction of sp³-hybridized carbons (Fsp3) is 0.214. The van der Waals surface area contributed by atoms with Gasteiger partial charge < -0.3 is 5.73 Å². The number of carbonyl (C=O) groups is 1. The zero-order valence-electron chi connectivity index (χ0n) is 10.1. The van der Waals surface area contributed by atoms with Gasteiger partial charge in [0.2, 0.25) is 0 Å². The van der Waals surface area contributed by atoms with E-state index in [9.17, 15) is 9.00 Å². The first-order valence-corrected chi connectivity index (χ1v) is 6.97. The van der Waals surface area contributed by atoms with E-state index < -0.39 is 16.3 Å². The van der Waals surface area contributed by atoms with Gasteiger partial charge in [0.25, 0.3) is 0 Å². The number of hydrogen-bond acceptors (Lipinski definition) is 3. The van der Waals surface area contributed by atoms with Gasteiger partial charge in [-0.05, 0) is 31.2 Å². The van der Waals surface area contributed by atoms with Crippen molar-refractivity contribution in [3.05, 3.63) is 54.1 Å². The lowest BCUT2D eigenvalue weighted by atomic mass is 9.97. The predicted molar refractivity (Wildman–Crippen MR) is 72.7 cm³/mol. The van der Waals surface area contributed by atoms with Crippen molar-refractivity contribution in [3.8, 4) is 0 Å². The largest absolute Gasteiger partial charge is 0.318 e. The number of nitrogens with two attached hydrogens (primary N) is 1. The standard InChI is InChI=1S/C14H15NO2S/c1-11-2-4-13(5-3-11)18(17)10-14(15)8-6-12(16)7-9-14/h2-9H,10,15H2,1H3. The molecule has 0 amide bonds. The van der Waals surface area contributed by atoms with Gasteiger partial charge in [0.1, 0.15) is 0 Å². The molecular weight excluding hydrogens is 246 g/mol. The molecule has 4 heteroatoms. The van der Waals surface area contributed by atoms with E-state index in [-0.39, 0.29) is 11.5 Å². The van der Waals surface area contributed by atoms with Gasteiger partial charge in [-0.25, -0.2) is 0 Å². The van der Waals surface area contributed by atoms with Gasteiger partial charge in [0.15, 0.2) is 5.78 Å². The van der Waals surface area contributed by atoms with Crippen molar-refractivity contribution >= 4 is 16.6 Å². The van der Waals surface area contributed by atoms with Gasteiger partial charge in [-0.2, -0.15) is 0 Å². The SMILES string of the molecule is Cc1ccc(S(=O)CC2(N)C=CC(=O)C=C2)cc1. The molecular formula is C14H15NO2S. The number of rotatable bonds is 3. The Kier molecular flexibility index (Phi) is 3.59. The van der Waals surface area contributed by atoms with Crippen LogP contribution in [0.3, 0.4) is 0 Å². The molecule has 2 rings (SSSR count). The zero-order valence-corrected chi connectivity index (χ0v) is 10.9.